The second-order valence-corrected chi connectivity index (χ2v) is 8.11. The summed E-state index contributed by atoms with van der Waals surface area (Å²) in [5, 5.41) is 2.69. The first-order valence-electron chi connectivity index (χ1n) is 11.2. The van der Waals surface area contributed by atoms with Gasteiger partial charge in [0, 0.05) is 24.1 Å². The van der Waals surface area contributed by atoms with Gasteiger partial charge in [-0.2, -0.15) is 0 Å². The van der Waals surface area contributed by atoms with E-state index in [1.165, 1.54) is 52.6 Å². The highest BCUT2D eigenvalue weighted by molar-refractivity contribution is 6.05. The predicted octanol–water partition coefficient (Wildman–Crippen LogP) is 2.31. The van der Waals surface area contributed by atoms with Crippen molar-refractivity contribution in [2.45, 2.75) is 25.1 Å². The number of carbonyl (C=O) groups is 4. The number of nitrogens with zero attached hydrogens (tertiary/aromatic N) is 1. The van der Waals surface area contributed by atoms with Crippen LogP contribution >= 0.6 is 0 Å². The number of nitrogens with one attached hydrogen (secondary N) is 1. The molecule has 0 spiro atoms. The standard InChI is InChI=1S/C25H26N2O10/c1-32-16-8-6-12-20(21(16)35-4)25(31)37-23(12)27-15(7-9-19(27)28)22(29)26-14-11-18(34-3)17(33-2)10-13(14)24(30)36-5/h6,8,10-11,15,23H,7,9H2,1-5H3,(H,26,29). The minimum absolute atomic E-state index is 0.0267. The number of carbonyl (C=O) groups excluding carboxylic acids is 4. The van der Waals surface area contributed by atoms with Crippen molar-refractivity contribution in [3.05, 3.63) is 41.0 Å². The number of amides is 2. The van der Waals surface area contributed by atoms with E-state index in [1.807, 2.05) is 0 Å². The SMILES string of the molecule is COC(=O)c1cc(OC)c(OC)cc1NC(=O)C1CCC(=O)N1C1OC(=O)c2c1ccc(OC)c2OC. The van der Waals surface area contributed by atoms with Crippen LogP contribution in [0.5, 0.6) is 23.0 Å². The Morgan fingerprint density at radius 2 is 1.62 bits per heavy atom. The predicted molar refractivity (Wildman–Crippen MR) is 127 cm³/mol. The van der Waals surface area contributed by atoms with E-state index in [4.69, 9.17) is 28.4 Å². The van der Waals surface area contributed by atoms with Crippen LogP contribution < -0.4 is 24.3 Å². The van der Waals surface area contributed by atoms with Crippen LogP contribution in [0.4, 0.5) is 5.69 Å². The Bertz CT molecular complexity index is 1270. The molecule has 2 aromatic carbocycles. The molecular formula is C25H26N2O10. The average Bonchev–Trinajstić information content (AvgIpc) is 3.46. The van der Waals surface area contributed by atoms with Gasteiger partial charge in [0.1, 0.15) is 11.6 Å². The fraction of sp³-hybridized carbons (Fsp3) is 0.360. The van der Waals surface area contributed by atoms with Gasteiger partial charge in [-0.15, -0.1) is 0 Å². The molecule has 2 amide bonds. The molecule has 12 heteroatoms. The van der Waals surface area contributed by atoms with Gasteiger partial charge in [0.05, 0.1) is 46.8 Å². The highest BCUT2D eigenvalue weighted by Crippen LogP contribution is 2.45. The monoisotopic (exact) mass is 514 g/mol. The van der Waals surface area contributed by atoms with Gasteiger partial charge in [0.25, 0.3) is 0 Å². The van der Waals surface area contributed by atoms with Crippen molar-refractivity contribution in [1.82, 2.24) is 4.90 Å². The van der Waals surface area contributed by atoms with Crippen LogP contribution in [0.25, 0.3) is 0 Å². The van der Waals surface area contributed by atoms with Crippen LogP contribution in [0.2, 0.25) is 0 Å². The van der Waals surface area contributed by atoms with Gasteiger partial charge in [-0.25, -0.2) is 9.59 Å². The number of benzene rings is 2. The van der Waals surface area contributed by atoms with E-state index in [1.54, 1.807) is 12.1 Å². The molecular weight excluding hydrogens is 488 g/mol. The Kier molecular flexibility index (Phi) is 7.09. The molecule has 2 unspecified atom stereocenters. The maximum absolute atomic E-state index is 13.4. The minimum atomic E-state index is -1.14. The average molecular weight is 514 g/mol. The van der Waals surface area contributed by atoms with Gasteiger partial charge < -0.3 is 33.7 Å². The molecule has 0 bridgehead atoms. The van der Waals surface area contributed by atoms with Crippen molar-refractivity contribution in [1.29, 1.82) is 0 Å². The summed E-state index contributed by atoms with van der Waals surface area (Å²) in [6.07, 6.45) is -0.911. The summed E-state index contributed by atoms with van der Waals surface area (Å²) >= 11 is 0. The molecule has 1 fully saturated rings. The summed E-state index contributed by atoms with van der Waals surface area (Å²) in [6, 6.07) is 4.99. The van der Waals surface area contributed by atoms with Crippen molar-refractivity contribution in [3.8, 4) is 23.0 Å². The third-order valence-electron chi connectivity index (χ3n) is 6.26. The quantitative estimate of drug-likeness (QED) is 0.522. The molecule has 1 N–H and O–H groups in total. The van der Waals surface area contributed by atoms with Gasteiger partial charge >= 0.3 is 11.9 Å². The second kappa shape index (κ2) is 10.2. The molecule has 0 saturated carbocycles. The lowest BCUT2D eigenvalue weighted by atomic mass is 10.0. The Labute approximate surface area is 212 Å². The smallest absolute Gasteiger partial charge is 0.344 e. The Morgan fingerprint density at radius 3 is 2.24 bits per heavy atom. The zero-order chi connectivity index (χ0) is 26.9. The summed E-state index contributed by atoms with van der Waals surface area (Å²) in [4.78, 5) is 52.8. The van der Waals surface area contributed by atoms with Crippen LogP contribution in [-0.4, -0.2) is 70.2 Å². The summed E-state index contributed by atoms with van der Waals surface area (Å²) < 4.78 is 31.5. The van der Waals surface area contributed by atoms with Gasteiger partial charge in [0.15, 0.2) is 23.0 Å². The zero-order valence-electron chi connectivity index (χ0n) is 20.9. The molecule has 196 valence electrons. The van der Waals surface area contributed by atoms with Crippen molar-refractivity contribution in [3.63, 3.8) is 0 Å². The van der Waals surface area contributed by atoms with Crippen LogP contribution in [0.1, 0.15) is 45.3 Å². The lowest BCUT2D eigenvalue weighted by Gasteiger charge is -2.29. The molecule has 2 aromatic rings. The molecule has 2 heterocycles. The number of hydrogen-bond acceptors (Lipinski definition) is 10. The van der Waals surface area contributed by atoms with E-state index in [2.05, 4.69) is 5.32 Å². The number of anilines is 1. The van der Waals surface area contributed by atoms with E-state index < -0.39 is 30.1 Å². The van der Waals surface area contributed by atoms with E-state index in [0.29, 0.717) is 11.3 Å². The molecule has 2 aliphatic heterocycles. The zero-order valence-corrected chi connectivity index (χ0v) is 20.9. The summed E-state index contributed by atoms with van der Waals surface area (Å²) in [6.45, 7) is 0. The third-order valence-corrected chi connectivity index (χ3v) is 6.26. The van der Waals surface area contributed by atoms with Crippen molar-refractivity contribution < 1.29 is 47.6 Å². The third kappa shape index (κ3) is 4.34. The molecule has 1 saturated heterocycles. The van der Waals surface area contributed by atoms with Crippen LogP contribution in [-0.2, 0) is 19.1 Å². The van der Waals surface area contributed by atoms with Gasteiger partial charge in [-0.1, -0.05) is 0 Å². The molecule has 0 aromatic heterocycles. The van der Waals surface area contributed by atoms with Crippen molar-refractivity contribution in [2.24, 2.45) is 0 Å². The molecule has 37 heavy (non-hydrogen) atoms. The maximum atomic E-state index is 13.4. The van der Waals surface area contributed by atoms with E-state index in [-0.39, 0.29) is 52.8 Å². The fourth-order valence-electron chi connectivity index (χ4n) is 4.52. The van der Waals surface area contributed by atoms with Crippen molar-refractivity contribution in [2.75, 3.05) is 40.9 Å². The maximum Gasteiger partial charge on any atom is 0.344 e. The first kappa shape index (κ1) is 25.6. The number of methoxy groups -OCH3 is 5. The van der Waals surface area contributed by atoms with Crippen LogP contribution in [0.3, 0.4) is 0 Å². The molecule has 4 rings (SSSR count). The highest BCUT2D eigenvalue weighted by atomic mass is 16.6. The molecule has 12 nitrogen and oxygen atoms in total. The number of esters is 2. The van der Waals surface area contributed by atoms with Crippen molar-refractivity contribution >= 4 is 29.4 Å². The minimum Gasteiger partial charge on any atom is -0.493 e. The van der Waals surface area contributed by atoms with E-state index >= 15 is 0 Å². The van der Waals surface area contributed by atoms with E-state index in [9.17, 15) is 19.2 Å². The highest BCUT2D eigenvalue weighted by Gasteiger charge is 2.48. The van der Waals surface area contributed by atoms with Gasteiger partial charge in [-0.05, 0) is 18.6 Å². The molecule has 0 radical (unpaired) electrons. The lowest BCUT2D eigenvalue weighted by Crippen LogP contribution is -2.44. The van der Waals surface area contributed by atoms with Gasteiger partial charge in [-0.3, -0.25) is 14.5 Å². The lowest BCUT2D eigenvalue weighted by molar-refractivity contribution is -0.144. The number of hydrogen-bond donors (Lipinski definition) is 1. The number of rotatable bonds is 8. The molecule has 0 aliphatic carbocycles. The first-order chi connectivity index (χ1) is 17.8. The number of fused-ring (bicyclic) bond motifs is 1. The van der Waals surface area contributed by atoms with Crippen LogP contribution in [0.15, 0.2) is 24.3 Å². The number of likely N-dealkylation sites (tertiary alicyclic amines) is 1. The first-order valence-corrected chi connectivity index (χ1v) is 11.2. The molecule has 2 atom stereocenters. The Balaban J connectivity index is 1.69. The Morgan fingerprint density at radius 1 is 0.946 bits per heavy atom. The molecule has 2 aliphatic rings. The second-order valence-electron chi connectivity index (χ2n) is 8.11. The topological polar surface area (TPSA) is 139 Å². The number of ether oxygens (including phenoxy) is 6. The largest absolute Gasteiger partial charge is 0.493 e. The van der Waals surface area contributed by atoms with Crippen LogP contribution in [0, 0.1) is 0 Å². The number of cyclic esters (lactones) is 1. The summed E-state index contributed by atoms with van der Waals surface area (Å²) in [5.41, 5.74) is 0.624. The van der Waals surface area contributed by atoms with Gasteiger partial charge in [0.2, 0.25) is 18.0 Å². The fourth-order valence-corrected chi connectivity index (χ4v) is 4.52. The normalized spacial score (nSPS) is 18.1. The summed E-state index contributed by atoms with van der Waals surface area (Å²) in [7, 11) is 6.84. The summed E-state index contributed by atoms with van der Waals surface area (Å²) in [5.74, 6) is -1.35. The Hall–Kier alpha value is -4.48. The van der Waals surface area contributed by atoms with E-state index in [0.717, 1.165) is 0 Å².